The predicted molar refractivity (Wildman–Crippen MR) is 59.1 cm³/mol. The third kappa shape index (κ3) is 2.31. The minimum atomic E-state index is 0.397. The molecule has 0 heterocycles. The summed E-state index contributed by atoms with van der Waals surface area (Å²) in [5.41, 5.74) is 0. The van der Waals surface area contributed by atoms with Gasteiger partial charge in [0.1, 0.15) is 0 Å². The Kier molecular flexibility index (Phi) is 3.86. The van der Waals surface area contributed by atoms with Crippen LogP contribution in [0.3, 0.4) is 0 Å². The lowest BCUT2D eigenvalue weighted by atomic mass is 9.64. The molecule has 14 heavy (non-hydrogen) atoms. The van der Waals surface area contributed by atoms with Crippen molar-refractivity contribution < 1.29 is 5.11 Å². The monoisotopic (exact) mass is 196 g/mol. The number of hydrogen-bond donors (Lipinski definition) is 1. The molecule has 0 radical (unpaired) electrons. The van der Waals surface area contributed by atoms with E-state index in [9.17, 15) is 0 Å². The predicted octanol–water partition coefficient (Wildman–Crippen LogP) is 3.37. The van der Waals surface area contributed by atoms with Crippen molar-refractivity contribution in [3.05, 3.63) is 0 Å². The molecule has 1 nitrogen and oxygen atoms in total. The minimum Gasteiger partial charge on any atom is -0.396 e. The van der Waals surface area contributed by atoms with Gasteiger partial charge in [0.05, 0.1) is 0 Å². The van der Waals surface area contributed by atoms with Crippen LogP contribution >= 0.6 is 0 Å². The summed E-state index contributed by atoms with van der Waals surface area (Å²) in [7, 11) is 0. The molecule has 0 bridgehead atoms. The van der Waals surface area contributed by atoms with E-state index in [1.807, 2.05) is 0 Å². The topological polar surface area (TPSA) is 20.2 Å². The molecule has 0 aliphatic heterocycles. The van der Waals surface area contributed by atoms with Crippen LogP contribution in [0.5, 0.6) is 0 Å². The van der Waals surface area contributed by atoms with E-state index in [0.717, 1.165) is 24.2 Å². The fourth-order valence-electron chi connectivity index (χ4n) is 3.78. The molecule has 3 unspecified atom stereocenters. The van der Waals surface area contributed by atoms with Crippen molar-refractivity contribution in [3.8, 4) is 0 Å². The molecule has 1 N–H and O–H groups in total. The van der Waals surface area contributed by atoms with Gasteiger partial charge in [-0.05, 0) is 37.0 Å². The molecule has 1 heteroatoms. The van der Waals surface area contributed by atoms with Gasteiger partial charge in [-0.2, -0.15) is 0 Å². The van der Waals surface area contributed by atoms with E-state index in [2.05, 4.69) is 0 Å². The lowest BCUT2D eigenvalue weighted by Crippen LogP contribution is -2.31. The second-order valence-electron chi connectivity index (χ2n) is 5.27. The van der Waals surface area contributed by atoms with E-state index in [4.69, 9.17) is 5.11 Å². The van der Waals surface area contributed by atoms with Crippen LogP contribution in [0.4, 0.5) is 0 Å². The molecule has 2 fully saturated rings. The summed E-state index contributed by atoms with van der Waals surface area (Å²) in [6.45, 7) is 0.397. The van der Waals surface area contributed by atoms with E-state index in [1.165, 1.54) is 51.4 Å². The smallest absolute Gasteiger partial charge is 0.0431 e. The van der Waals surface area contributed by atoms with Crippen LogP contribution in [0.25, 0.3) is 0 Å². The summed E-state index contributed by atoms with van der Waals surface area (Å²) in [6, 6.07) is 0. The van der Waals surface area contributed by atoms with Crippen LogP contribution in [-0.2, 0) is 0 Å². The van der Waals surface area contributed by atoms with E-state index >= 15 is 0 Å². The maximum absolute atomic E-state index is 8.89. The van der Waals surface area contributed by atoms with Gasteiger partial charge < -0.3 is 5.11 Å². The number of fused-ring (bicyclic) bond motifs is 1. The Morgan fingerprint density at radius 2 is 1.71 bits per heavy atom. The summed E-state index contributed by atoms with van der Waals surface area (Å²) < 4.78 is 0. The fourth-order valence-corrected chi connectivity index (χ4v) is 3.78. The molecular weight excluding hydrogens is 172 g/mol. The third-order valence-corrected chi connectivity index (χ3v) is 4.46. The maximum Gasteiger partial charge on any atom is 0.0431 e. The molecule has 0 amide bonds. The Hall–Kier alpha value is -0.0400. The molecule has 0 saturated heterocycles. The lowest BCUT2D eigenvalue weighted by molar-refractivity contribution is 0.0924. The van der Waals surface area contributed by atoms with Crippen molar-refractivity contribution in [1.29, 1.82) is 0 Å². The van der Waals surface area contributed by atoms with Gasteiger partial charge in [0.2, 0.25) is 0 Å². The first-order valence-corrected chi connectivity index (χ1v) is 6.52. The highest BCUT2D eigenvalue weighted by atomic mass is 16.2. The first-order valence-electron chi connectivity index (χ1n) is 6.52. The van der Waals surface area contributed by atoms with Crippen molar-refractivity contribution in [1.82, 2.24) is 0 Å². The van der Waals surface area contributed by atoms with Gasteiger partial charge in [-0.15, -0.1) is 0 Å². The SMILES string of the molecule is OCCCC1CCCC2CCCCC12. The molecule has 0 aromatic carbocycles. The van der Waals surface area contributed by atoms with Gasteiger partial charge in [-0.3, -0.25) is 0 Å². The van der Waals surface area contributed by atoms with Crippen molar-refractivity contribution in [2.45, 2.75) is 57.8 Å². The fraction of sp³-hybridized carbons (Fsp3) is 1.00. The summed E-state index contributed by atoms with van der Waals surface area (Å²) in [4.78, 5) is 0. The Morgan fingerprint density at radius 3 is 2.57 bits per heavy atom. The van der Waals surface area contributed by atoms with Crippen molar-refractivity contribution >= 4 is 0 Å². The lowest BCUT2D eigenvalue weighted by Gasteiger charge is -2.41. The van der Waals surface area contributed by atoms with Crippen LogP contribution in [0.15, 0.2) is 0 Å². The van der Waals surface area contributed by atoms with Gasteiger partial charge in [0, 0.05) is 6.61 Å². The Labute approximate surface area is 87.9 Å². The van der Waals surface area contributed by atoms with Crippen molar-refractivity contribution in [2.75, 3.05) is 6.61 Å². The van der Waals surface area contributed by atoms with Crippen LogP contribution in [0, 0.1) is 17.8 Å². The summed E-state index contributed by atoms with van der Waals surface area (Å²) in [5.74, 6) is 3.05. The Morgan fingerprint density at radius 1 is 0.929 bits per heavy atom. The quantitative estimate of drug-likeness (QED) is 0.734. The number of aliphatic hydroxyl groups excluding tert-OH is 1. The van der Waals surface area contributed by atoms with Crippen molar-refractivity contribution in [3.63, 3.8) is 0 Å². The Bertz CT molecular complexity index is 165. The highest BCUT2D eigenvalue weighted by molar-refractivity contribution is 4.84. The second kappa shape index (κ2) is 5.16. The molecule has 2 saturated carbocycles. The first kappa shape index (κ1) is 10.5. The zero-order chi connectivity index (χ0) is 9.80. The molecule has 2 aliphatic carbocycles. The van der Waals surface area contributed by atoms with Gasteiger partial charge in [-0.25, -0.2) is 0 Å². The number of rotatable bonds is 3. The minimum absolute atomic E-state index is 0.397. The van der Waals surface area contributed by atoms with E-state index in [0.29, 0.717) is 6.61 Å². The standard InChI is InChI=1S/C13H24O/c14-10-4-8-12-7-3-6-11-5-1-2-9-13(11)12/h11-14H,1-10H2. The molecule has 2 rings (SSSR count). The normalized spacial score (nSPS) is 37.9. The molecule has 0 spiro atoms. The van der Waals surface area contributed by atoms with Crippen LogP contribution in [0.2, 0.25) is 0 Å². The summed E-state index contributed by atoms with van der Waals surface area (Å²) >= 11 is 0. The first-order chi connectivity index (χ1) is 6.92. The summed E-state index contributed by atoms with van der Waals surface area (Å²) in [5, 5.41) is 8.89. The average Bonchev–Trinajstić information content (AvgIpc) is 2.26. The van der Waals surface area contributed by atoms with Crippen LogP contribution in [0.1, 0.15) is 57.8 Å². The average molecular weight is 196 g/mol. The zero-order valence-corrected chi connectivity index (χ0v) is 9.25. The van der Waals surface area contributed by atoms with Gasteiger partial charge >= 0.3 is 0 Å². The van der Waals surface area contributed by atoms with Crippen molar-refractivity contribution in [2.24, 2.45) is 17.8 Å². The molecule has 0 aromatic rings. The largest absolute Gasteiger partial charge is 0.396 e. The highest BCUT2D eigenvalue weighted by Crippen LogP contribution is 2.45. The molecule has 3 atom stereocenters. The molecule has 0 aromatic heterocycles. The maximum atomic E-state index is 8.89. The zero-order valence-electron chi connectivity index (χ0n) is 9.25. The van der Waals surface area contributed by atoms with Crippen LogP contribution in [-0.4, -0.2) is 11.7 Å². The molecular formula is C13H24O. The van der Waals surface area contributed by atoms with E-state index < -0.39 is 0 Å². The highest BCUT2D eigenvalue weighted by Gasteiger charge is 2.33. The third-order valence-electron chi connectivity index (χ3n) is 4.46. The van der Waals surface area contributed by atoms with E-state index in [1.54, 1.807) is 0 Å². The summed E-state index contributed by atoms with van der Waals surface area (Å²) in [6.07, 6.45) is 12.7. The Balaban J connectivity index is 1.88. The molecule has 2 aliphatic rings. The second-order valence-corrected chi connectivity index (χ2v) is 5.27. The van der Waals surface area contributed by atoms with Crippen LogP contribution < -0.4 is 0 Å². The molecule has 82 valence electrons. The number of hydrogen-bond acceptors (Lipinski definition) is 1. The van der Waals surface area contributed by atoms with Gasteiger partial charge in [-0.1, -0.05) is 38.5 Å². The van der Waals surface area contributed by atoms with Gasteiger partial charge in [0.15, 0.2) is 0 Å². The van der Waals surface area contributed by atoms with E-state index in [-0.39, 0.29) is 0 Å². The van der Waals surface area contributed by atoms with Gasteiger partial charge in [0.25, 0.3) is 0 Å². The number of aliphatic hydroxyl groups is 1.